The third-order valence-corrected chi connectivity index (χ3v) is 11.7. The normalized spacial score (nSPS) is 12.2. The highest BCUT2D eigenvalue weighted by Gasteiger charge is 2.23. The summed E-state index contributed by atoms with van der Waals surface area (Å²) in [6, 6.07) is 21.0. The molecule has 0 saturated heterocycles. The van der Waals surface area contributed by atoms with E-state index in [1.54, 1.807) is 0 Å². The van der Waals surface area contributed by atoms with Crippen molar-refractivity contribution in [1.82, 2.24) is 0 Å². The summed E-state index contributed by atoms with van der Waals surface area (Å²) >= 11 is 0. The molecular weight excluding hydrogens is 845 g/mol. The fraction of sp³-hybridized carbons (Fsp3) is 0. The van der Waals surface area contributed by atoms with Gasteiger partial charge in [0, 0.05) is 44.6 Å². The van der Waals surface area contributed by atoms with E-state index in [0.29, 0.717) is 12.1 Å². The van der Waals surface area contributed by atoms with Crippen molar-refractivity contribution in [1.29, 1.82) is 0 Å². The van der Waals surface area contributed by atoms with Crippen LogP contribution in [0.25, 0.3) is 21.5 Å². The summed E-state index contributed by atoms with van der Waals surface area (Å²) in [6.07, 6.45) is 0. The summed E-state index contributed by atoms with van der Waals surface area (Å²) in [5, 5.41) is 9.86. The molecule has 0 radical (unpaired) electrons. The van der Waals surface area contributed by atoms with Crippen molar-refractivity contribution in [2.24, 2.45) is 0 Å². The molecule has 19 nitrogen and oxygen atoms in total. The highest BCUT2D eigenvalue weighted by atomic mass is 32.2. The summed E-state index contributed by atoms with van der Waals surface area (Å²) in [7, 11) is -19.6. The van der Waals surface area contributed by atoms with Crippen LogP contribution in [0.1, 0.15) is 20.7 Å². The minimum atomic E-state index is -4.92. The van der Waals surface area contributed by atoms with Gasteiger partial charge < -0.3 is 21.3 Å². The van der Waals surface area contributed by atoms with Crippen LogP contribution in [0.2, 0.25) is 0 Å². The number of hydrogen-bond acceptors (Lipinski definition) is 11. The SMILES string of the molecule is O=C(Nc1cccc(C(=O)Nc2ccc3c(S(=O)(=O)O)cc(S(=O)(=O)O)cc3c2)c1)Nc1cccc(C(=O)Nc2ccc3c(S(=O)(=O)O)cc(S(=O)(=O)O)cc3c2)c1. The Morgan fingerprint density at radius 1 is 0.397 bits per heavy atom. The molecule has 0 fully saturated rings. The number of fused-ring (bicyclic) bond motifs is 2. The molecule has 6 rings (SSSR count). The zero-order valence-electron chi connectivity index (χ0n) is 28.8. The lowest BCUT2D eigenvalue weighted by atomic mass is 10.1. The van der Waals surface area contributed by atoms with Gasteiger partial charge in [-0.2, -0.15) is 33.7 Å². The number of rotatable bonds is 10. The molecule has 0 atom stereocenters. The summed E-state index contributed by atoms with van der Waals surface area (Å²) < 4.78 is 133. The molecule has 23 heteroatoms. The van der Waals surface area contributed by atoms with Gasteiger partial charge in [-0.05, 0) is 95.7 Å². The Balaban J connectivity index is 1.14. The number of carbonyl (C=O) groups is 3. The zero-order valence-corrected chi connectivity index (χ0v) is 32.1. The van der Waals surface area contributed by atoms with E-state index < -0.39 is 77.9 Å². The van der Waals surface area contributed by atoms with Crippen molar-refractivity contribution >= 4 is 103 Å². The lowest BCUT2D eigenvalue weighted by molar-refractivity contribution is 0.101. The van der Waals surface area contributed by atoms with Gasteiger partial charge in [0.15, 0.2) is 0 Å². The minimum Gasteiger partial charge on any atom is -0.322 e. The smallest absolute Gasteiger partial charge is 0.322 e. The predicted octanol–water partition coefficient (Wildman–Crippen LogP) is 5.13. The third kappa shape index (κ3) is 9.44. The molecule has 6 aromatic rings. The largest absolute Gasteiger partial charge is 0.323 e. The maximum absolute atomic E-state index is 13.1. The molecular formula is C35H26N4O15S4. The van der Waals surface area contributed by atoms with Gasteiger partial charge in [0.25, 0.3) is 52.3 Å². The molecule has 4 amide bonds. The van der Waals surface area contributed by atoms with E-state index in [1.807, 2.05) is 0 Å². The Labute approximate surface area is 328 Å². The molecule has 0 aliphatic heterocycles. The zero-order chi connectivity index (χ0) is 42.4. The molecule has 0 spiro atoms. The van der Waals surface area contributed by atoms with Crippen LogP contribution in [0, 0.1) is 0 Å². The van der Waals surface area contributed by atoms with Crippen LogP contribution in [0.15, 0.2) is 129 Å². The van der Waals surface area contributed by atoms with Crippen LogP contribution in [0.5, 0.6) is 0 Å². The van der Waals surface area contributed by atoms with Crippen LogP contribution in [0.3, 0.4) is 0 Å². The lowest BCUT2D eigenvalue weighted by Crippen LogP contribution is -2.20. The van der Waals surface area contributed by atoms with E-state index in [-0.39, 0.29) is 55.4 Å². The predicted molar refractivity (Wildman–Crippen MR) is 209 cm³/mol. The second-order valence-corrected chi connectivity index (χ2v) is 17.9. The number of anilines is 4. The highest BCUT2D eigenvalue weighted by Crippen LogP contribution is 2.31. The topological polar surface area (TPSA) is 317 Å². The van der Waals surface area contributed by atoms with Crippen molar-refractivity contribution in [3.8, 4) is 0 Å². The quantitative estimate of drug-likeness (QED) is 0.0828. The number of benzene rings is 6. The van der Waals surface area contributed by atoms with E-state index in [0.717, 1.165) is 12.1 Å². The number of hydrogen-bond donors (Lipinski definition) is 8. The molecule has 8 N–H and O–H groups in total. The Kier molecular flexibility index (Phi) is 10.8. The molecule has 0 saturated carbocycles. The number of urea groups is 1. The fourth-order valence-electron chi connectivity index (χ4n) is 5.67. The van der Waals surface area contributed by atoms with Crippen LogP contribution in [0.4, 0.5) is 27.5 Å². The van der Waals surface area contributed by atoms with E-state index in [4.69, 9.17) is 0 Å². The Morgan fingerprint density at radius 3 is 1.10 bits per heavy atom. The average molecular weight is 871 g/mol. The van der Waals surface area contributed by atoms with E-state index >= 15 is 0 Å². The van der Waals surface area contributed by atoms with Crippen molar-refractivity contribution in [3.63, 3.8) is 0 Å². The standard InChI is InChI=1S/C35H26N4O15S4/c40-33(36-25-7-9-29-21(13-25)15-27(55(43,44)45)17-31(29)57(49,50)51)19-3-1-5-23(11-19)38-35(42)39-24-6-2-4-20(12-24)34(41)37-26-8-10-30-22(14-26)16-28(56(46,47)48)18-32(30)58(52,53)54/h1-18H,(H,36,40)(H,37,41)(H2,38,39,42)(H,43,44,45)(H,46,47,48)(H,49,50,51)(H,52,53,54). The van der Waals surface area contributed by atoms with Gasteiger partial charge in [0.1, 0.15) is 9.79 Å². The number of nitrogens with one attached hydrogen (secondary N) is 4. The summed E-state index contributed by atoms with van der Waals surface area (Å²) in [6.45, 7) is 0. The van der Waals surface area contributed by atoms with Crippen molar-refractivity contribution < 1.29 is 66.3 Å². The fourth-order valence-corrected chi connectivity index (χ4v) is 8.39. The van der Waals surface area contributed by atoms with E-state index in [9.17, 15) is 66.3 Å². The molecule has 0 aliphatic rings. The highest BCUT2D eigenvalue weighted by molar-refractivity contribution is 7.87. The maximum atomic E-state index is 13.1. The van der Waals surface area contributed by atoms with Crippen molar-refractivity contribution in [3.05, 3.63) is 120 Å². The van der Waals surface area contributed by atoms with E-state index in [2.05, 4.69) is 21.3 Å². The Hall–Kier alpha value is -6.31. The van der Waals surface area contributed by atoms with Crippen molar-refractivity contribution in [2.45, 2.75) is 19.6 Å². The van der Waals surface area contributed by atoms with Crippen LogP contribution >= 0.6 is 0 Å². The van der Waals surface area contributed by atoms with Crippen molar-refractivity contribution in [2.75, 3.05) is 21.3 Å². The molecule has 0 unspecified atom stereocenters. The first kappa shape index (κ1) is 41.3. The first-order valence-electron chi connectivity index (χ1n) is 15.9. The average Bonchev–Trinajstić information content (AvgIpc) is 3.12. The summed E-state index contributed by atoms with van der Waals surface area (Å²) in [5.74, 6) is -1.40. The molecule has 0 aliphatic carbocycles. The molecule has 0 bridgehead atoms. The second kappa shape index (κ2) is 15.2. The molecule has 0 aromatic heterocycles. The molecule has 0 heterocycles. The van der Waals surface area contributed by atoms with Gasteiger partial charge in [-0.3, -0.25) is 27.8 Å². The first-order chi connectivity index (χ1) is 27.0. The number of amides is 4. The van der Waals surface area contributed by atoms with Gasteiger partial charge in [0.05, 0.1) is 9.79 Å². The molecule has 6 aromatic carbocycles. The monoisotopic (exact) mass is 870 g/mol. The third-order valence-electron chi connectivity index (χ3n) is 8.21. The van der Waals surface area contributed by atoms with Gasteiger partial charge in [-0.15, -0.1) is 0 Å². The van der Waals surface area contributed by atoms with Gasteiger partial charge in [-0.25, -0.2) is 4.79 Å². The van der Waals surface area contributed by atoms with E-state index in [1.165, 1.54) is 84.9 Å². The van der Waals surface area contributed by atoms with Gasteiger partial charge >= 0.3 is 6.03 Å². The maximum Gasteiger partial charge on any atom is 0.323 e. The molecule has 58 heavy (non-hydrogen) atoms. The van der Waals surface area contributed by atoms with Crippen LogP contribution in [-0.4, -0.2) is 69.7 Å². The summed E-state index contributed by atoms with van der Waals surface area (Å²) in [5.41, 5.74) is 0.532. The Bertz CT molecular complexity index is 2980. The minimum absolute atomic E-state index is 0.0407. The lowest BCUT2D eigenvalue weighted by Gasteiger charge is -2.12. The van der Waals surface area contributed by atoms with Crippen LogP contribution in [-0.2, 0) is 40.5 Å². The van der Waals surface area contributed by atoms with Crippen LogP contribution < -0.4 is 21.3 Å². The number of carbonyl (C=O) groups excluding carboxylic acids is 3. The van der Waals surface area contributed by atoms with Gasteiger partial charge in [0.2, 0.25) is 0 Å². The Morgan fingerprint density at radius 2 is 0.759 bits per heavy atom. The first-order valence-corrected chi connectivity index (χ1v) is 21.7. The van der Waals surface area contributed by atoms with Gasteiger partial charge in [-0.1, -0.05) is 24.3 Å². The summed E-state index contributed by atoms with van der Waals surface area (Å²) in [4.78, 5) is 35.9. The molecule has 300 valence electrons. The second-order valence-electron chi connectivity index (χ2n) is 12.3.